The molecule has 6 heteroatoms. The minimum Gasteiger partial charge on any atom is -0.460 e. The van der Waals surface area contributed by atoms with Crippen molar-refractivity contribution in [3.8, 4) is 6.01 Å². The molecule has 1 aliphatic rings. The average Bonchev–Trinajstić information content (AvgIpc) is 3.10. The summed E-state index contributed by atoms with van der Waals surface area (Å²) in [4.78, 5) is 24.4. The van der Waals surface area contributed by atoms with Crippen LogP contribution in [-0.4, -0.2) is 33.0 Å². The highest BCUT2D eigenvalue weighted by Gasteiger charge is 2.24. The van der Waals surface area contributed by atoms with Crippen LogP contribution in [0.2, 0.25) is 0 Å². The number of aryl methyl sites for hydroxylation is 2. The molecular formula is C21H24N4O2. The summed E-state index contributed by atoms with van der Waals surface area (Å²) >= 11 is 0. The van der Waals surface area contributed by atoms with E-state index in [1.165, 1.54) is 0 Å². The van der Waals surface area contributed by atoms with Crippen LogP contribution in [0.5, 0.6) is 6.01 Å². The van der Waals surface area contributed by atoms with E-state index >= 15 is 0 Å². The number of rotatable bonds is 4. The lowest BCUT2D eigenvalue weighted by Gasteiger charge is -2.29. The van der Waals surface area contributed by atoms with E-state index in [-0.39, 0.29) is 18.1 Å². The third-order valence-electron chi connectivity index (χ3n) is 5.06. The predicted octanol–water partition coefficient (Wildman–Crippen LogP) is 3.69. The van der Waals surface area contributed by atoms with Gasteiger partial charge in [-0.2, -0.15) is 0 Å². The van der Waals surface area contributed by atoms with Gasteiger partial charge in [0.05, 0.1) is 0 Å². The lowest BCUT2D eigenvalue weighted by atomic mass is 9.92. The van der Waals surface area contributed by atoms with Crippen molar-refractivity contribution >= 4 is 16.8 Å². The van der Waals surface area contributed by atoms with Gasteiger partial charge in [-0.05, 0) is 69.2 Å². The second kappa shape index (κ2) is 7.39. The molecule has 0 atom stereocenters. The first kappa shape index (κ1) is 17.5. The highest BCUT2D eigenvalue weighted by molar-refractivity contribution is 5.98. The van der Waals surface area contributed by atoms with Crippen molar-refractivity contribution in [2.24, 2.45) is 0 Å². The van der Waals surface area contributed by atoms with Crippen molar-refractivity contribution in [2.45, 2.75) is 51.7 Å². The molecule has 0 aliphatic heterocycles. The number of aromatic nitrogens is 3. The SMILES string of the molecule is Cc1cc(C)nc(OC2CCC(NC(=O)c3ccc4cc[nH]c4c3)CC2)n1. The van der Waals surface area contributed by atoms with E-state index in [9.17, 15) is 4.79 Å². The molecule has 3 aromatic rings. The number of nitrogens with one attached hydrogen (secondary N) is 2. The monoisotopic (exact) mass is 364 g/mol. The Morgan fingerprint density at radius 3 is 2.56 bits per heavy atom. The Morgan fingerprint density at radius 2 is 1.81 bits per heavy atom. The Balaban J connectivity index is 1.31. The zero-order valence-electron chi connectivity index (χ0n) is 15.7. The molecule has 1 saturated carbocycles. The fourth-order valence-electron chi connectivity index (χ4n) is 3.68. The number of nitrogens with zero attached hydrogens (tertiary/aromatic N) is 2. The van der Waals surface area contributed by atoms with Crippen LogP contribution < -0.4 is 10.1 Å². The second-order valence-corrected chi connectivity index (χ2v) is 7.28. The standard InChI is InChI=1S/C21H24N4O2/c1-13-11-14(2)24-21(23-13)27-18-7-5-17(6-8-18)25-20(26)16-4-3-15-9-10-22-19(15)12-16/h3-4,9-12,17-18,22H,5-8H2,1-2H3,(H,25,26). The number of ether oxygens (including phenoxy) is 1. The van der Waals surface area contributed by atoms with Crippen LogP contribution in [0.4, 0.5) is 0 Å². The highest BCUT2D eigenvalue weighted by Crippen LogP contribution is 2.23. The van der Waals surface area contributed by atoms with Crippen LogP contribution >= 0.6 is 0 Å². The third kappa shape index (κ3) is 4.10. The summed E-state index contributed by atoms with van der Waals surface area (Å²) in [7, 11) is 0. The van der Waals surface area contributed by atoms with Gasteiger partial charge in [0.1, 0.15) is 6.10 Å². The number of carbonyl (C=O) groups excluding carboxylic acids is 1. The van der Waals surface area contributed by atoms with Gasteiger partial charge in [0.25, 0.3) is 5.91 Å². The van der Waals surface area contributed by atoms with Gasteiger partial charge in [-0.3, -0.25) is 4.79 Å². The Bertz CT molecular complexity index is 937. The summed E-state index contributed by atoms with van der Waals surface area (Å²) < 4.78 is 5.96. The van der Waals surface area contributed by atoms with Crippen molar-refractivity contribution in [3.63, 3.8) is 0 Å². The molecule has 4 rings (SSSR count). The number of aromatic amines is 1. The molecule has 0 bridgehead atoms. The molecule has 27 heavy (non-hydrogen) atoms. The van der Waals surface area contributed by atoms with Crippen molar-refractivity contribution in [1.82, 2.24) is 20.3 Å². The van der Waals surface area contributed by atoms with Gasteiger partial charge in [0.15, 0.2) is 0 Å². The highest BCUT2D eigenvalue weighted by atomic mass is 16.5. The fraction of sp³-hybridized carbons (Fsp3) is 0.381. The van der Waals surface area contributed by atoms with Crippen molar-refractivity contribution in [2.75, 3.05) is 0 Å². The lowest BCUT2D eigenvalue weighted by Crippen LogP contribution is -2.39. The van der Waals surface area contributed by atoms with Crippen LogP contribution in [0.1, 0.15) is 47.4 Å². The van der Waals surface area contributed by atoms with E-state index in [1.807, 2.05) is 50.4 Å². The maximum absolute atomic E-state index is 12.5. The molecule has 2 N–H and O–H groups in total. The molecule has 0 spiro atoms. The molecule has 6 nitrogen and oxygen atoms in total. The Hall–Kier alpha value is -2.89. The van der Waals surface area contributed by atoms with Crippen molar-refractivity contribution in [3.05, 3.63) is 53.5 Å². The first-order chi connectivity index (χ1) is 13.1. The maximum Gasteiger partial charge on any atom is 0.317 e. The Kier molecular flexibility index (Phi) is 4.79. The Morgan fingerprint density at radius 1 is 1.07 bits per heavy atom. The minimum atomic E-state index is -0.0199. The van der Waals surface area contributed by atoms with E-state index in [2.05, 4.69) is 20.3 Å². The van der Waals surface area contributed by atoms with E-state index in [4.69, 9.17) is 4.74 Å². The summed E-state index contributed by atoms with van der Waals surface area (Å²) in [5.74, 6) is -0.0199. The normalized spacial score (nSPS) is 19.8. The topological polar surface area (TPSA) is 79.9 Å². The second-order valence-electron chi connectivity index (χ2n) is 7.28. The average molecular weight is 364 g/mol. The summed E-state index contributed by atoms with van der Waals surface area (Å²) in [6, 6.07) is 10.3. The van der Waals surface area contributed by atoms with Gasteiger partial charge in [-0.1, -0.05) is 6.07 Å². The fourth-order valence-corrected chi connectivity index (χ4v) is 3.68. The van der Waals surface area contributed by atoms with Crippen LogP contribution in [0.25, 0.3) is 10.9 Å². The third-order valence-corrected chi connectivity index (χ3v) is 5.06. The van der Waals surface area contributed by atoms with Gasteiger partial charge in [0.2, 0.25) is 0 Å². The summed E-state index contributed by atoms with van der Waals surface area (Å²) in [6.45, 7) is 3.89. The molecule has 1 fully saturated rings. The number of amides is 1. The number of benzene rings is 1. The number of hydrogen-bond donors (Lipinski definition) is 2. The molecular weight excluding hydrogens is 340 g/mol. The quantitative estimate of drug-likeness (QED) is 0.740. The van der Waals surface area contributed by atoms with E-state index in [0.29, 0.717) is 11.6 Å². The van der Waals surface area contributed by atoms with Crippen LogP contribution in [0.3, 0.4) is 0 Å². The van der Waals surface area contributed by atoms with Gasteiger partial charge < -0.3 is 15.0 Å². The molecule has 0 radical (unpaired) electrons. The molecule has 1 aromatic carbocycles. The number of fused-ring (bicyclic) bond motifs is 1. The van der Waals surface area contributed by atoms with Crippen molar-refractivity contribution in [1.29, 1.82) is 0 Å². The molecule has 1 amide bonds. The summed E-state index contributed by atoms with van der Waals surface area (Å²) in [6.07, 6.45) is 5.55. The molecule has 0 unspecified atom stereocenters. The molecule has 140 valence electrons. The summed E-state index contributed by atoms with van der Waals surface area (Å²) in [5.41, 5.74) is 3.50. The number of hydrogen-bond acceptors (Lipinski definition) is 4. The lowest BCUT2D eigenvalue weighted by molar-refractivity contribution is 0.0885. The van der Waals surface area contributed by atoms with E-state index < -0.39 is 0 Å². The zero-order valence-corrected chi connectivity index (χ0v) is 15.7. The van der Waals surface area contributed by atoms with Gasteiger partial charge in [-0.25, -0.2) is 9.97 Å². The smallest absolute Gasteiger partial charge is 0.317 e. The van der Waals surface area contributed by atoms with Crippen LogP contribution in [0, 0.1) is 13.8 Å². The first-order valence-corrected chi connectivity index (χ1v) is 9.44. The van der Waals surface area contributed by atoms with Crippen LogP contribution in [-0.2, 0) is 0 Å². The van der Waals surface area contributed by atoms with Gasteiger partial charge >= 0.3 is 6.01 Å². The van der Waals surface area contributed by atoms with Gasteiger partial charge in [0, 0.05) is 34.7 Å². The zero-order chi connectivity index (χ0) is 18.8. The summed E-state index contributed by atoms with van der Waals surface area (Å²) in [5, 5.41) is 4.26. The first-order valence-electron chi connectivity index (χ1n) is 9.44. The molecule has 0 saturated heterocycles. The largest absolute Gasteiger partial charge is 0.460 e. The van der Waals surface area contributed by atoms with Gasteiger partial charge in [-0.15, -0.1) is 0 Å². The molecule has 2 heterocycles. The van der Waals surface area contributed by atoms with E-state index in [1.54, 1.807) is 0 Å². The maximum atomic E-state index is 12.5. The predicted molar refractivity (Wildman–Crippen MR) is 104 cm³/mol. The van der Waals surface area contributed by atoms with E-state index in [0.717, 1.165) is 48.0 Å². The minimum absolute atomic E-state index is 0.0199. The number of H-pyrrole nitrogens is 1. The van der Waals surface area contributed by atoms with Crippen molar-refractivity contribution < 1.29 is 9.53 Å². The molecule has 1 aliphatic carbocycles. The number of carbonyl (C=O) groups is 1. The molecule has 2 aromatic heterocycles. The Labute approximate surface area is 158 Å². The van der Waals surface area contributed by atoms with Crippen LogP contribution in [0.15, 0.2) is 36.5 Å².